The molecule has 0 bridgehead atoms. The Labute approximate surface area is 111 Å². The molecule has 3 heteroatoms. The number of aliphatic hydroxyl groups excluding tert-OH is 1. The summed E-state index contributed by atoms with van der Waals surface area (Å²) in [6.07, 6.45) is -0.723. The summed E-state index contributed by atoms with van der Waals surface area (Å²) >= 11 is 11.9. The van der Waals surface area contributed by atoms with Gasteiger partial charge in [0.05, 0.1) is 0 Å². The van der Waals surface area contributed by atoms with Crippen LogP contribution in [-0.2, 0) is 0 Å². The van der Waals surface area contributed by atoms with E-state index < -0.39 is 6.10 Å². The number of hydrogen-bond donors (Lipinski definition) is 1. The van der Waals surface area contributed by atoms with Crippen LogP contribution in [0.1, 0.15) is 22.8 Å². The van der Waals surface area contributed by atoms with Crippen molar-refractivity contribution in [3.05, 3.63) is 69.2 Å². The molecule has 0 spiro atoms. The fourth-order valence-corrected chi connectivity index (χ4v) is 2.25. The van der Waals surface area contributed by atoms with Crippen molar-refractivity contribution < 1.29 is 5.11 Å². The van der Waals surface area contributed by atoms with Crippen LogP contribution >= 0.6 is 23.2 Å². The molecule has 2 aromatic carbocycles. The van der Waals surface area contributed by atoms with Gasteiger partial charge in [0, 0.05) is 15.6 Å². The molecule has 1 N–H and O–H groups in total. The van der Waals surface area contributed by atoms with Gasteiger partial charge in [0.25, 0.3) is 0 Å². The zero-order chi connectivity index (χ0) is 12.4. The fraction of sp³-hybridized carbons (Fsp3) is 0.143. The first-order chi connectivity index (χ1) is 8.08. The molecule has 0 aliphatic heterocycles. The molecule has 0 amide bonds. The number of hydrogen-bond acceptors (Lipinski definition) is 1. The van der Waals surface area contributed by atoms with Crippen LogP contribution in [0.15, 0.2) is 42.5 Å². The van der Waals surface area contributed by atoms with Crippen molar-refractivity contribution in [1.82, 2.24) is 0 Å². The number of aliphatic hydroxyl groups is 1. The summed E-state index contributed by atoms with van der Waals surface area (Å²) in [5.41, 5.74) is 2.60. The molecule has 0 aliphatic carbocycles. The van der Waals surface area contributed by atoms with E-state index in [2.05, 4.69) is 0 Å². The summed E-state index contributed by atoms with van der Waals surface area (Å²) in [4.78, 5) is 0. The summed E-state index contributed by atoms with van der Waals surface area (Å²) in [5, 5.41) is 11.3. The van der Waals surface area contributed by atoms with Crippen LogP contribution in [0.2, 0.25) is 10.0 Å². The minimum Gasteiger partial charge on any atom is -0.384 e. The molecule has 1 nitrogen and oxygen atoms in total. The third-order valence-corrected chi connectivity index (χ3v) is 3.18. The van der Waals surface area contributed by atoms with Gasteiger partial charge in [-0.25, -0.2) is 0 Å². The minimum absolute atomic E-state index is 0.478. The molecule has 0 saturated heterocycles. The van der Waals surface area contributed by atoms with Gasteiger partial charge in [-0.15, -0.1) is 0 Å². The lowest BCUT2D eigenvalue weighted by molar-refractivity contribution is 0.220. The van der Waals surface area contributed by atoms with Crippen molar-refractivity contribution >= 4 is 23.2 Å². The van der Waals surface area contributed by atoms with Crippen molar-refractivity contribution in [2.24, 2.45) is 0 Å². The molecular formula is C14H12Cl2O. The molecule has 0 aliphatic rings. The lowest BCUT2D eigenvalue weighted by Gasteiger charge is -2.13. The number of halogens is 2. The van der Waals surface area contributed by atoms with Gasteiger partial charge in [0.2, 0.25) is 0 Å². The van der Waals surface area contributed by atoms with Crippen molar-refractivity contribution in [3.63, 3.8) is 0 Å². The Hall–Kier alpha value is -1.02. The summed E-state index contributed by atoms with van der Waals surface area (Å²) < 4.78 is 0. The highest BCUT2D eigenvalue weighted by molar-refractivity contribution is 6.35. The number of benzene rings is 2. The normalized spacial score (nSPS) is 12.5. The first-order valence-corrected chi connectivity index (χ1v) is 6.03. The van der Waals surface area contributed by atoms with Crippen LogP contribution in [0.25, 0.3) is 0 Å². The Bertz CT molecular complexity index is 537. The second kappa shape index (κ2) is 5.09. The van der Waals surface area contributed by atoms with E-state index in [0.717, 1.165) is 11.1 Å². The van der Waals surface area contributed by atoms with Crippen LogP contribution in [0.3, 0.4) is 0 Å². The molecule has 0 heterocycles. The molecule has 88 valence electrons. The molecule has 0 saturated carbocycles. The molecule has 17 heavy (non-hydrogen) atoms. The van der Waals surface area contributed by atoms with Crippen molar-refractivity contribution in [1.29, 1.82) is 0 Å². The van der Waals surface area contributed by atoms with Crippen LogP contribution < -0.4 is 0 Å². The standard InChI is InChI=1S/C14H12Cl2O/c1-9-3-2-4-10(7-9)14(17)12-6-5-11(15)8-13(12)16/h2-8,14,17H,1H3/t14-/m0/s1. The Morgan fingerprint density at radius 2 is 1.82 bits per heavy atom. The van der Waals surface area contributed by atoms with E-state index in [1.807, 2.05) is 31.2 Å². The van der Waals surface area contributed by atoms with Crippen LogP contribution in [0.4, 0.5) is 0 Å². The Kier molecular flexibility index (Phi) is 3.72. The predicted octanol–water partition coefficient (Wildman–Crippen LogP) is 4.38. The average Bonchev–Trinajstić information content (AvgIpc) is 2.28. The maximum atomic E-state index is 10.3. The number of rotatable bonds is 2. The van der Waals surface area contributed by atoms with Gasteiger partial charge in [-0.2, -0.15) is 0 Å². The van der Waals surface area contributed by atoms with E-state index >= 15 is 0 Å². The monoisotopic (exact) mass is 266 g/mol. The minimum atomic E-state index is -0.723. The molecule has 0 aromatic heterocycles. The highest BCUT2D eigenvalue weighted by atomic mass is 35.5. The summed E-state index contributed by atoms with van der Waals surface area (Å²) in [6, 6.07) is 12.8. The lowest BCUT2D eigenvalue weighted by Crippen LogP contribution is -2.00. The topological polar surface area (TPSA) is 20.2 Å². The number of aryl methyl sites for hydroxylation is 1. The molecule has 2 rings (SSSR count). The highest BCUT2D eigenvalue weighted by Gasteiger charge is 2.14. The Morgan fingerprint density at radius 1 is 1.06 bits per heavy atom. The van der Waals surface area contributed by atoms with E-state index in [4.69, 9.17) is 23.2 Å². The van der Waals surface area contributed by atoms with Gasteiger partial charge in [-0.3, -0.25) is 0 Å². The van der Waals surface area contributed by atoms with E-state index in [0.29, 0.717) is 15.6 Å². The SMILES string of the molecule is Cc1cccc([C@H](O)c2ccc(Cl)cc2Cl)c1. The average molecular weight is 267 g/mol. The smallest absolute Gasteiger partial charge is 0.105 e. The molecule has 0 radical (unpaired) electrons. The highest BCUT2D eigenvalue weighted by Crippen LogP contribution is 2.30. The third-order valence-electron chi connectivity index (χ3n) is 2.61. The van der Waals surface area contributed by atoms with Gasteiger partial charge in [-0.1, -0.05) is 59.1 Å². The van der Waals surface area contributed by atoms with Gasteiger partial charge >= 0.3 is 0 Å². The quantitative estimate of drug-likeness (QED) is 0.855. The van der Waals surface area contributed by atoms with E-state index in [1.54, 1.807) is 18.2 Å². The van der Waals surface area contributed by atoms with Crippen LogP contribution in [-0.4, -0.2) is 5.11 Å². The molecule has 0 fully saturated rings. The maximum absolute atomic E-state index is 10.3. The van der Waals surface area contributed by atoms with E-state index in [-0.39, 0.29) is 0 Å². The zero-order valence-electron chi connectivity index (χ0n) is 9.32. The largest absolute Gasteiger partial charge is 0.384 e. The maximum Gasteiger partial charge on any atom is 0.105 e. The molecule has 0 unspecified atom stereocenters. The van der Waals surface area contributed by atoms with E-state index in [9.17, 15) is 5.11 Å². The summed E-state index contributed by atoms with van der Waals surface area (Å²) in [5.74, 6) is 0. The molecular weight excluding hydrogens is 255 g/mol. The fourth-order valence-electron chi connectivity index (χ4n) is 1.74. The summed E-state index contributed by atoms with van der Waals surface area (Å²) in [6.45, 7) is 1.99. The Balaban J connectivity index is 2.40. The second-order valence-electron chi connectivity index (χ2n) is 3.98. The summed E-state index contributed by atoms with van der Waals surface area (Å²) in [7, 11) is 0. The van der Waals surface area contributed by atoms with Crippen molar-refractivity contribution in [2.45, 2.75) is 13.0 Å². The van der Waals surface area contributed by atoms with Gasteiger partial charge < -0.3 is 5.11 Å². The molecule has 1 atom stereocenters. The van der Waals surface area contributed by atoms with Crippen molar-refractivity contribution in [3.8, 4) is 0 Å². The molecule has 2 aromatic rings. The first kappa shape index (κ1) is 12.4. The lowest BCUT2D eigenvalue weighted by atomic mass is 10.00. The van der Waals surface area contributed by atoms with Crippen LogP contribution in [0, 0.1) is 6.92 Å². The van der Waals surface area contributed by atoms with Gasteiger partial charge in [0.15, 0.2) is 0 Å². The first-order valence-electron chi connectivity index (χ1n) is 5.27. The van der Waals surface area contributed by atoms with E-state index in [1.165, 1.54) is 0 Å². The van der Waals surface area contributed by atoms with Crippen molar-refractivity contribution in [2.75, 3.05) is 0 Å². The van der Waals surface area contributed by atoms with Gasteiger partial charge in [0.1, 0.15) is 6.10 Å². The zero-order valence-corrected chi connectivity index (χ0v) is 10.8. The second-order valence-corrected chi connectivity index (χ2v) is 4.83. The predicted molar refractivity (Wildman–Crippen MR) is 71.7 cm³/mol. The Morgan fingerprint density at radius 3 is 2.47 bits per heavy atom. The van der Waals surface area contributed by atoms with Gasteiger partial charge in [-0.05, 0) is 24.6 Å². The van der Waals surface area contributed by atoms with Crippen LogP contribution in [0.5, 0.6) is 0 Å². The third kappa shape index (κ3) is 2.81.